The summed E-state index contributed by atoms with van der Waals surface area (Å²) >= 11 is 0. The number of esters is 2. The molecule has 334 valence electrons. The smallest absolute Gasteiger partial charge is 0.306 e. The molecule has 0 saturated heterocycles. The third-order valence-electron chi connectivity index (χ3n) is 9.65. The molecule has 0 amide bonds. The van der Waals surface area contributed by atoms with Gasteiger partial charge < -0.3 is 28.6 Å². The predicted molar refractivity (Wildman–Crippen MR) is 245 cm³/mol. The number of allylic oxidation sites excluding steroid dienone is 16. The molecule has 8 heteroatoms. The van der Waals surface area contributed by atoms with Gasteiger partial charge in [0.1, 0.15) is 12.6 Å². The van der Waals surface area contributed by atoms with E-state index in [2.05, 4.69) is 38.2 Å². The van der Waals surface area contributed by atoms with Crippen molar-refractivity contribution in [3.05, 3.63) is 97.2 Å². The molecule has 0 saturated carbocycles. The van der Waals surface area contributed by atoms with Crippen LogP contribution in [-0.2, 0) is 28.6 Å². The number of carbonyl (C=O) groups excluding carboxylic acids is 3. The fraction of sp³-hybridized carbons (Fsp3) is 0.627. The number of carboxylic acid groups (broad SMARTS) is 1. The van der Waals surface area contributed by atoms with Crippen molar-refractivity contribution in [1.82, 2.24) is 0 Å². The first-order chi connectivity index (χ1) is 28.6. The molecule has 0 rings (SSSR count). The largest absolute Gasteiger partial charge is 0.544 e. The summed E-state index contributed by atoms with van der Waals surface area (Å²) in [6.45, 7) is 4.44. The summed E-state index contributed by atoms with van der Waals surface area (Å²) in [6.07, 6.45) is 54.3. The third kappa shape index (κ3) is 39.5. The average Bonchev–Trinajstić information content (AvgIpc) is 3.19. The highest BCUT2D eigenvalue weighted by molar-refractivity contribution is 5.70. The minimum atomic E-state index is -1.14. The van der Waals surface area contributed by atoms with Gasteiger partial charge in [-0.15, -0.1) is 0 Å². The van der Waals surface area contributed by atoms with Gasteiger partial charge in [0.15, 0.2) is 6.10 Å². The van der Waals surface area contributed by atoms with Crippen molar-refractivity contribution >= 4 is 17.9 Å². The molecule has 0 aromatic carbocycles. The van der Waals surface area contributed by atoms with E-state index < -0.39 is 18.1 Å². The van der Waals surface area contributed by atoms with Crippen molar-refractivity contribution < 1.29 is 38.2 Å². The Hall–Kier alpha value is -3.75. The molecule has 0 bridgehead atoms. The Kier molecular flexibility index (Phi) is 38.4. The van der Waals surface area contributed by atoms with Crippen LogP contribution in [0.25, 0.3) is 0 Å². The minimum absolute atomic E-state index is 0.0161. The van der Waals surface area contributed by atoms with E-state index in [1.54, 1.807) is 21.1 Å². The Balaban J connectivity index is 4.47. The number of aliphatic carboxylic acids is 1. The predicted octanol–water partition coefficient (Wildman–Crippen LogP) is 11.4. The number of likely N-dealkylation sites (N-methyl/N-ethyl adjacent to an activating group) is 1. The zero-order chi connectivity index (χ0) is 43.5. The summed E-state index contributed by atoms with van der Waals surface area (Å²) in [4.78, 5) is 36.9. The van der Waals surface area contributed by atoms with Gasteiger partial charge in [-0.3, -0.25) is 9.59 Å². The highest BCUT2D eigenvalue weighted by Gasteiger charge is 2.25. The standard InChI is InChI=1S/C51H83NO7/c1-6-8-10-12-14-16-18-20-22-24-25-26-28-29-31-33-35-37-39-41-49(53)58-46-47(45-57-44-43-48(51(55)56)52(3,4)5)59-50(54)42-40-38-36-34-32-30-27-23-21-19-17-15-13-11-9-7-2/h8,10,12,14,16,18,20,22-29,31,47-48H,6-7,9,11,13,15,17,19,21,30,32-46H2,1-5H3/b10-8+,14-12+,18-16+,22-20+,25-24+,27-23+,28-26+,31-29+. The van der Waals surface area contributed by atoms with Gasteiger partial charge in [0.25, 0.3) is 0 Å². The van der Waals surface area contributed by atoms with Gasteiger partial charge >= 0.3 is 11.9 Å². The molecule has 2 unspecified atom stereocenters. The molecule has 0 aromatic rings. The lowest BCUT2D eigenvalue weighted by Gasteiger charge is -2.34. The highest BCUT2D eigenvalue weighted by Crippen LogP contribution is 2.13. The molecule has 0 aromatic heterocycles. The number of unbranched alkanes of at least 4 members (excludes halogenated alkanes) is 15. The Morgan fingerprint density at radius 3 is 1.47 bits per heavy atom. The molecule has 0 spiro atoms. The lowest BCUT2D eigenvalue weighted by molar-refractivity contribution is -0.889. The first-order valence-corrected chi connectivity index (χ1v) is 22.9. The summed E-state index contributed by atoms with van der Waals surface area (Å²) in [6, 6.07) is -0.740. The number of nitrogens with zero attached hydrogens (tertiary/aromatic N) is 1. The molecule has 59 heavy (non-hydrogen) atoms. The first kappa shape index (κ1) is 55.2. The average molecular weight is 822 g/mol. The number of carbonyl (C=O) groups is 3. The number of quaternary nitrogens is 1. The number of hydrogen-bond acceptors (Lipinski definition) is 7. The molecule has 0 heterocycles. The molecule has 0 aliphatic heterocycles. The van der Waals surface area contributed by atoms with Crippen LogP contribution >= 0.6 is 0 Å². The number of rotatable bonds is 39. The molecular weight excluding hydrogens is 739 g/mol. The van der Waals surface area contributed by atoms with Crippen LogP contribution in [0.2, 0.25) is 0 Å². The van der Waals surface area contributed by atoms with Crippen molar-refractivity contribution in [1.29, 1.82) is 0 Å². The summed E-state index contributed by atoms with van der Waals surface area (Å²) in [5, 5.41) is 11.6. The monoisotopic (exact) mass is 822 g/mol. The Labute approximate surface area is 360 Å². The second kappa shape index (κ2) is 41.0. The Morgan fingerprint density at radius 2 is 0.966 bits per heavy atom. The van der Waals surface area contributed by atoms with Crippen LogP contribution in [0.15, 0.2) is 97.2 Å². The van der Waals surface area contributed by atoms with E-state index in [9.17, 15) is 19.5 Å². The van der Waals surface area contributed by atoms with E-state index in [1.807, 2.05) is 72.9 Å². The van der Waals surface area contributed by atoms with Gasteiger partial charge in [0.05, 0.1) is 40.3 Å². The van der Waals surface area contributed by atoms with Gasteiger partial charge in [-0.05, 0) is 57.8 Å². The first-order valence-electron chi connectivity index (χ1n) is 22.9. The van der Waals surface area contributed by atoms with Gasteiger partial charge in [-0.25, -0.2) is 0 Å². The number of hydrogen-bond donors (Lipinski definition) is 0. The van der Waals surface area contributed by atoms with Crippen LogP contribution in [0.1, 0.15) is 155 Å². The van der Waals surface area contributed by atoms with Crippen molar-refractivity contribution in [3.63, 3.8) is 0 Å². The number of ether oxygens (including phenoxy) is 3. The second-order valence-corrected chi connectivity index (χ2v) is 16.1. The molecule has 0 aliphatic rings. The fourth-order valence-corrected chi connectivity index (χ4v) is 6.11. The van der Waals surface area contributed by atoms with E-state index in [1.165, 1.54) is 51.4 Å². The molecule has 8 nitrogen and oxygen atoms in total. The van der Waals surface area contributed by atoms with Crippen molar-refractivity contribution in [3.8, 4) is 0 Å². The van der Waals surface area contributed by atoms with Crippen LogP contribution in [0.5, 0.6) is 0 Å². The van der Waals surface area contributed by atoms with E-state index in [-0.39, 0.29) is 49.1 Å². The topological polar surface area (TPSA) is 102 Å². The Morgan fingerprint density at radius 1 is 0.525 bits per heavy atom. The van der Waals surface area contributed by atoms with Crippen LogP contribution in [0.3, 0.4) is 0 Å². The summed E-state index contributed by atoms with van der Waals surface area (Å²) < 4.78 is 17.1. The van der Waals surface area contributed by atoms with Gasteiger partial charge in [0, 0.05) is 19.3 Å². The third-order valence-corrected chi connectivity index (χ3v) is 9.65. The summed E-state index contributed by atoms with van der Waals surface area (Å²) in [5.41, 5.74) is 0. The normalized spacial score (nSPS) is 13.8. The van der Waals surface area contributed by atoms with E-state index >= 15 is 0 Å². The van der Waals surface area contributed by atoms with Gasteiger partial charge in [-0.1, -0.05) is 175 Å². The van der Waals surface area contributed by atoms with Crippen LogP contribution in [0, 0.1) is 0 Å². The van der Waals surface area contributed by atoms with E-state index in [4.69, 9.17) is 14.2 Å². The molecular formula is C51H83NO7. The maximum absolute atomic E-state index is 12.7. The lowest BCUT2D eigenvalue weighted by Crippen LogP contribution is -2.55. The highest BCUT2D eigenvalue weighted by atomic mass is 16.6. The molecule has 0 radical (unpaired) electrons. The summed E-state index contributed by atoms with van der Waals surface area (Å²) in [7, 11) is 5.38. The summed E-state index contributed by atoms with van der Waals surface area (Å²) in [5.74, 6) is -1.82. The van der Waals surface area contributed by atoms with Crippen LogP contribution in [-0.4, -0.2) is 75.5 Å². The molecule has 0 fully saturated rings. The molecule has 0 aliphatic carbocycles. The maximum atomic E-state index is 12.7. The number of carboxylic acids is 1. The lowest BCUT2D eigenvalue weighted by atomic mass is 10.1. The van der Waals surface area contributed by atoms with Gasteiger partial charge in [-0.2, -0.15) is 0 Å². The minimum Gasteiger partial charge on any atom is -0.544 e. The maximum Gasteiger partial charge on any atom is 0.306 e. The van der Waals surface area contributed by atoms with E-state index in [0.29, 0.717) is 12.8 Å². The molecule has 0 N–H and O–H groups in total. The van der Waals surface area contributed by atoms with E-state index in [0.717, 1.165) is 64.2 Å². The second-order valence-electron chi connectivity index (χ2n) is 16.1. The van der Waals surface area contributed by atoms with Crippen LogP contribution in [0.4, 0.5) is 0 Å². The Bertz CT molecular complexity index is 1280. The zero-order valence-corrected chi connectivity index (χ0v) is 37.9. The fourth-order valence-electron chi connectivity index (χ4n) is 6.11. The van der Waals surface area contributed by atoms with Crippen molar-refractivity contribution in [2.75, 3.05) is 41.0 Å². The SMILES string of the molecule is CC/C=C/C=C/C=C/C=C/C=C/C=C/C=C/CCCCCC(=O)OCC(COCCC(C(=O)[O-])[N+](C)(C)C)OC(=O)CCCCCCC/C=C/CCCCCCCCC. The van der Waals surface area contributed by atoms with Crippen LogP contribution < -0.4 is 5.11 Å². The van der Waals surface area contributed by atoms with Crippen molar-refractivity contribution in [2.24, 2.45) is 0 Å². The zero-order valence-electron chi connectivity index (χ0n) is 37.9. The molecule has 2 atom stereocenters. The van der Waals surface area contributed by atoms with Crippen molar-refractivity contribution in [2.45, 2.75) is 167 Å². The quantitative estimate of drug-likeness (QED) is 0.0200. The van der Waals surface area contributed by atoms with Gasteiger partial charge in [0.2, 0.25) is 0 Å².